The third-order valence-corrected chi connectivity index (χ3v) is 5.32. The number of ether oxygens (including phenoxy) is 1. The highest BCUT2D eigenvalue weighted by molar-refractivity contribution is 7.16. The van der Waals surface area contributed by atoms with E-state index in [1.54, 1.807) is 0 Å². The standard InChI is InChI=1S/C14H17N3O7S/c1-2-5(3-8(19)20)7-4-6(18)12(24-7)17-10-9(25-14(17)23)11(21)16-13(22)15-10/h5-7,12,18H,2-4H2,1H3,(H,19,20)(H2,15,16,21,22). The third kappa shape index (κ3) is 3.17. The second-order valence-corrected chi connectivity index (χ2v) is 6.92. The van der Waals surface area contributed by atoms with Gasteiger partial charge in [0.2, 0.25) is 0 Å². The van der Waals surface area contributed by atoms with E-state index in [-0.39, 0.29) is 29.1 Å². The predicted molar refractivity (Wildman–Crippen MR) is 87.9 cm³/mol. The van der Waals surface area contributed by atoms with Crippen molar-refractivity contribution in [2.45, 2.75) is 44.6 Å². The van der Waals surface area contributed by atoms with Crippen LogP contribution in [-0.4, -0.2) is 42.9 Å². The lowest BCUT2D eigenvalue weighted by Gasteiger charge is -2.21. The molecule has 136 valence electrons. The number of hydrogen-bond acceptors (Lipinski definition) is 7. The number of rotatable bonds is 5. The number of nitrogens with zero attached hydrogens (tertiary/aromatic N) is 1. The first-order chi connectivity index (χ1) is 11.8. The van der Waals surface area contributed by atoms with Gasteiger partial charge in [0.25, 0.3) is 5.56 Å². The summed E-state index contributed by atoms with van der Waals surface area (Å²) in [6, 6.07) is 0. The lowest BCUT2D eigenvalue weighted by Crippen LogP contribution is -2.29. The number of thiazole rings is 1. The summed E-state index contributed by atoms with van der Waals surface area (Å²) in [6.45, 7) is 1.82. The third-order valence-electron chi connectivity index (χ3n) is 4.37. The average molecular weight is 371 g/mol. The van der Waals surface area contributed by atoms with Gasteiger partial charge < -0.3 is 14.9 Å². The lowest BCUT2D eigenvalue weighted by atomic mass is 9.93. The molecule has 0 aromatic carbocycles. The van der Waals surface area contributed by atoms with Gasteiger partial charge in [0, 0.05) is 6.42 Å². The van der Waals surface area contributed by atoms with Crippen LogP contribution in [0, 0.1) is 5.92 Å². The summed E-state index contributed by atoms with van der Waals surface area (Å²) >= 11 is 0.637. The Hall–Kier alpha value is -2.24. The summed E-state index contributed by atoms with van der Waals surface area (Å²) in [5.41, 5.74) is -1.48. The molecule has 1 fully saturated rings. The molecule has 4 N–H and O–H groups in total. The van der Waals surface area contributed by atoms with Gasteiger partial charge in [-0.05, 0) is 5.92 Å². The Morgan fingerprint density at radius 2 is 2.12 bits per heavy atom. The molecule has 1 aliphatic heterocycles. The Bertz CT molecular complexity index is 971. The first-order valence-corrected chi connectivity index (χ1v) is 8.56. The van der Waals surface area contributed by atoms with Crippen LogP contribution in [0.5, 0.6) is 0 Å². The predicted octanol–water partition coefficient (Wildman–Crippen LogP) is -0.411. The van der Waals surface area contributed by atoms with Crippen LogP contribution in [0.2, 0.25) is 0 Å². The Kier molecular flexibility index (Phi) is 4.62. The Morgan fingerprint density at radius 3 is 2.76 bits per heavy atom. The molecule has 25 heavy (non-hydrogen) atoms. The Balaban J connectivity index is 2.00. The van der Waals surface area contributed by atoms with E-state index < -0.39 is 40.5 Å². The van der Waals surface area contributed by atoms with E-state index >= 15 is 0 Å². The summed E-state index contributed by atoms with van der Waals surface area (Å²) in [5.74, 6) is -1.29. The van der Waals surface area contributed by atoms with Gasteiger partial charge in [-0.15, -0.1) is 0 Å². The van der Waals surface area contributed by atoms with Crippen molar-refractivity contribution in [2.24, 2.45) is 5.92 Å². The Labute approximate surface area is 143 Å². The molecule has 3 heterocycles. The number of aromatic nitrogens is 3. The fourth-order valence-electron chi connectivity index (χ4n) is 3.17. The summed E-state index contributed by atoms with van der Waals surface area (Å²) in [4.78, 5) is 50.4. The average Bonchev–Trinajstić information content (AvgIpc) is 3.04. The molecule has 0 amide bonds. The molecule has 4 atom stereocenters. The van der Waals surface area contributed by atoms with Crippen LogP contribution in [0.1, 0.15) is 32.4 Å². The van der Waals surface area contributed by atoms with Crippen LogP contribution in [0.25, 0.3) is 10.3 Å². The number of carboxylic acid groups (broad SMARTS) is 1. The molecule has 10 nitrogen and oxygen atoms in total. The van der Waals surface area contributed by atoms with Crippen molar-refractivity contribution in [1.82, 2.24) is 14.5 Å². The highest BCUT2D eigenvalue weighted by Crippen LogP contribution is 2.35. The van der Waals surface area contributed by atoms with E-state index in [1.165, 1.54) is 0 Å². The molecule has 0 saturated carbocycles. The van der Waals surface area contributed by atoms with Crippen molar-refractivity contribution in [3.05, 3.63) is 30.5 Å². The zero-order valence-corrected chi connectivity index (χ0v) is 14.0. The van der Waals surface area contributed by atoms with Crippen LogP contribution in [0.3, 0.4) is 0 Å². The summed E-state index contributed by atoms with van der Waals surface area (Å²) < 4.78 is 6.84. The fraction of sp³-hybridized carbons (Fsp3) is 0.571. The number of carbonyl (C=O) groups is 1. The number of carboxylic acids is 1. The van der Waals surface area contributed by atoms with E-state index in [9.17, 15) is 24.3 Å². The zero-order chi connectivity index (χ0) is 18.3. The van der Waals surface area contributed by atoms with Gasteiger partial charge in [0.05, 0.1) is 12.5 Å². The van der Waals surface area contributed by atoms with E-state index in [1.807, 2.05) is 11.9 Å². The SMILES string of the molecule is CCC(CC(=O)O)C1CC(O)C(n2c(=O)sc3c(=O)[nH]c(=O)[nH]c32)O1. The lowest BCUT2D eigenvalue weighted by molar-refractivity contribution is -0.140. The molecular weight excluding hydrogens is 354 g/mol. The minimum absolute atomic E-state index is 0.0141. The van der Waals surface area contributed by atoms with Crippen molar-refractivity contribution < 1.29 is 19.7 Å². The second-order valence-electron chi connectivity index (χ2n) is 5.96. The van der Waals surface area contributed by atoms with Gasteiger partial charge in [-0.25, -0.2) is 4.79 Å². The number of nitrogens with one attached hydrogen (secondary N) is 2. The quantitative estimate of drug-likeness (QED) is 0.557. The van der Waals surface area contributed by atoms with E-state index in [0.717, 1.165) is 4.57 Å². The summed E-state index contributed by atoms with van der Waals surface area (Å²) in [6.07, 6.45) is -2.12. The highest BCUT2D eigenvalue weighted by Gasteiger charge is 2.40. The minimum atomic E-state index is -1.09. The monoisotopic (exact) mass is 371 g/mol. The molecule has 2 aromatic rings. The first-order valence-electron chi connectivity index (χ1n) is 7.74. The fourth-order valence-corrected chi connectivity index (χ4v) is 4.02. The number of fused-ring (bicyclic) bond motifs is 1. The van der Waals surface area contributed by atoms with Crippen molar-refractivity contribution in [3.8, 4) is 0 Å². The van der Waals surface area contributed by atoms with Crippen LogP contribution in [0.15, 0.2) is 14.4 Å². The molecule has 3 rings (SSSR count). The maximum atomic E-state index is 12.3. The molecule has 4 unspecified atom stereocenters. The van der Waals surface area contributed by atoms with Crippen LogP contribution >= 0.6 is 11.3 Å². The summed E-state index contributed by atoms with van der Waals surface area (Å²) in [5, 5.41) is 19.3. The molecule has 0 bridgehead atoms. The van der Waals surface area contributed by atoms with Crippen molar-refractivity contribution in [2.75, 3.05) is 0 Å². The molecule has 0 spiro atoms. The van der Waals surface area contributed by atoms with Gasteiger partial charge in [-0.2, -0.15) is 0 Å². The largest absolute Gasteiger partial charge is 0.481 e. The Morgan fingerprint density at radius 1 is 1.40 bits per heavy atom. The normalized spacial score (nSPS) is 24.6. The summed E-state index contributed by atoms with van der Waals surface area (Å²) in [7, 11) is 0. The molecule has 1 aliphatic rings. The number of H-pyrrole nitrogens is 2. The molecule has 2 aromatic heterocycles. The number of aliphatic hydroxyl groups is 1. The molecular formula is C14H17N3O7S. The number of hydrogen-bond donors (Lipinski definition) is 4. The van der Waals surface area contributed by atoms with Gasteiger partial charge in [-0.1, -0.05) is 24.7 Å². The highest BCUT2D eigenvalue weighted by atomic mass is 32.1. The number of aliphatic hydroxyl groups excluding tert-OH is 1. The van der Waals surface area contributed by atoms with Gasteiger partial charge >= 0.3 is 16.5 Å². The van der Waals surface area contributed by atoms with Crippen molar-refractivity contribution >= 4 is 27.7 Å². The van der Waals surface area contributed by atoms with Crippen molar-refractivity contribution in [1.29, 1.82) is 0 Å². The van der Waals surface area contributed by atoms with Gasteiger partial charge in [0.1, 0.15) is 16.5 Å². The zero-order valence-electron chi connectivity index (χ0n) is 13.2. The molecule has 0 radical (unpaired) electrons. The first kappa shape index (κ1) is 17.6. The van der Waals surface area contributed by atoms with Crippen LogP contribution in [-0.2, 0) is 9.53 Å². The number of aliphatic carboxylic acids is 1. The smallest absolute Gasteiger partial charge is 0.327 e. The second kappa shape index (κ2) is 6.58. The number of aromatic amines is 2. The van der Waals surface area contributed by atoms with Crippen LogP contribution in [0.4, 0.5) is 0 Å². The van der Waals surface area contributed by atoms with Gasteiger partial charge in [0.15, 0.2) is 6.23 Å². The van der Waals surface area contributed by atoms with E-state index in [4.69, 9.17) is 9.84 Å². The topological polar surface area (TPSA) is 154 Å². The molecule has 11 heteroatoms. The maximum absolute atomic E-state index is 12.3. The molecule has 0 aliphatic carbocycles. The van der Waals surface area contributed by atoms with Crippen LogP contribution < -0.4 is 16.1 Å². The minimum Gasteiger partial charge on any atom is -0.481 e. The van der Waals surface area contributed by atoms with Crippen molar-refractivity contribution in [3.63, 3.8) is 0 Å². The van der Waals surface area contributed by atoms with E-state index in [2.05, 4.69) is 4.98 Å². The maximum Gasteiger partial charge on any atom is 0.327 e. The van der Waals surface area contributed by atoms with E-state index in [0.29, 0.717) is 17.8 Å². The van der Waals surface area contributed by atoms with Gasteiger partial charge in [-0.3, -0.25) is 28.9 Å². The molecule has 1 saturated heterocycles.